The van der Waals surface area contributed by atoms with Crippen LogP contribution in [0.25, 0.3) is 0 Å². The normalized spacial score (nSPS) is 17.0. The molecule has 2 aromatic rings. The highest BCUT2D eigenvalue weighted by Crippen LogP contribution is 2.47. The Kier molecular flexibility index (Phi) is 8.81. The molecule has 218 valence electrons. The van der Waals surface area contributed by atoms with E-state index in [-0.39, 0.29) is 10.8 Å². The lowest BCUT2D eigenvalue weighted by atomic mass is 10.0. The van der Waals surface area contributed by atoms with Gasteiger partial charge in [0.1, 0.15) is 17.9 Å². The monoisotopic (exact) mass is 584 g/mol. The summed E-state index contributed by atoms with van der Waals surface area (Å²) in [5, 5.41) is 9.24. The molecule has 0 spiro atoms. The third kappa shape index (κ3) is 6.41. The molecule has 0 unspecified atom stereocenters. The van der Waals surface area contributed by atoms with Gasteiger partial charge in [-0.3, -0.25) is 14.6 Å². The molecule has 1 aliphatic carbocycles. The number of rotatable bonds is 11. The van der Waals surface area contributed by atoms with Gasteiger partial charge in [0.25, 0.3) is 5.91 Å². The lowest BCUT2D eigenvalue weighted by Gasteiger charge is -2.30. The summed E-state index contributed by atoms with van der Waals surface area (Å²) in [5.41, 5.74) is -1.12. The molecule has 1 saturated heterocycles. The largest absolute Gasteiger partial charge is 0.492 e. The van der Waals surface area contributed by atoms with Crippen LogP contribution in [0.1, 0.15) is 63.1 Å². The Morgan fingerprint density at radius 2 is 1.90 bits per heavy atom. The second-order valence-corrected chi connectivity index (χ2v) is 11.8. The highest BCUT2D eigenvalue weighted by Gasteiger charge is 2.51. The van der Waals surface area contributed by atoms with Crippen molar-refractivity contribution < 1.29 is 22.7 Å². The molecule has 2 fully saturated rings. The lowest BCUT2D eigenvalue weighted by Crippen LogP contribution is -2.44. The van der Waals surface area contributed by atoms with E-state index in [0.29, 0.717) is 24.1 Å². The maximum Gasteiger partial charge on any atom is 0.417 e. The Hall–Kier alpha value is -3.42. The fraction of sp³-hybridized carbons (Fsp3) is 0.452. The minimum Gasteiger partial charge on any atom is -0.492 e. The van der Waals surface area contributed by atoms with Crippen molar-refractivity contribution in [3.63, 3.8) is 0 Å². The second-order valence-electron chi connectivity index (χ2n) is 11.4. The fourth-order valence-electron chi connectivity index (χ4n) is 5.22. The quantitative estimate of drug-likeness (QED) is 0.212. The number of carbonyl (C=O) groups is 1. The number of anilines is 2. The Morgan fingerprint density at radius 1 is 1.22 bits per heavy atom. The molecule has 0 atom stereocenters. The van der Waals surface area contributed by atoms with Crippen molar-refractivity contribution in [2.75, 3.05) is 36.0 Å². The summed E-state index contributed by atoms with van der Waals surface area (Å²) in [6, 6.07) is 10.5. The smallest absolute Gasteiger partial charge is 0.417 e. The SMILES string of the molecule is C=CCN(CCOc1ccc(N2C(=S)N(c3ccc(C#N)c(C(F)(F)F)c3)C(=O)C2(C)C)cc1C1CC1)CC(C)C. The summed E-state index contributed by atoms with van der Waals surface area (Å²) in [7, 11) is 0. The van der Waals surface area contributed by atoms with Crippen LogP contribution in [0.4, 0.5) is 24.5 Å². The first-order valence-corrected chi connectivity index (χ1v) is 14.1. The Bertz CT molecular complexity index is 1380. The fourth-order valence-corrected chi connectivity index (χ4v) is 5.74. The number of nitriles is 1. The zero-order valence-electron chi connectivity index (χ0n) is 23.8. The molecule has 0 aromatic heterocycles. The van der Waals surface area contributed by atoms with Gasteiger partial charge in [-0.15, -0.1) is 6.58 Å². The van der Waals surface area contributed by atoms with Gasteiger partial charge in [-0.25, -0.2) is 0 Å². The van der Waals surface area contributed by atoms with E-state index in [0.717, 1.165) is 60.8 Å². The first kappa shape index (κ1) is 30.5. The predicted octanol–water partition coefficient (Wildman–Crippen LogP) is 6.89. The van der Waals surface area contributed by atoms with E-state index in [2.05, 4.69) is 25.3 Å². The minimum atomic E-state index is -4.76. The van der Waals surface area contributed by atoms with Crippen LogP contribution in [-0.4, -0.2) is 47.7 Å². The number of alkyl halides is 3. The third-order valence-corrected chi connectivity index (χ3v) is 7.66. The molecule has 1 heterocycles. The number of amides is 1. The summed E-state index contributed by atoms with van der Waals surface area (Å²) in [6.07, 6.45) is -0.812. The molecular weight excluding hydrogens is 549 g/mol. The van der Waals surface area contributed by atoms with Crippen LogP contribution >= 0.6 is 12.2 Å². The maximum absolute atomic E-state index is 13.7. The molecule has 1 amide bonds. The Labute approximate surface area is 245 Å². The second kappa shape index (κ2) is 11.8. The molecule has 4 rings (SSSR count). The zero-order valence-corrected chi connectivity index (χ0v) is 24.6. The standard InChI is InChI=1S/C31H35F3N4O2S/c1-6-13-36(19-20(2)3)14-15-40-27-12-11-24(16-25(27)21-7-8-21)38-29(41)37(28(39)30(38,4)5)23-10-9-22(18-35)26(17-23)31(32,33)34/h6,9-12,16-17,20-21H,1,7-8,13-15,19H2,2-5H3. The molecule has 2 aromatic carbocycles. The number of thiocarbonyl (C=S) groups is 1. The lowest BCUT2D eigenvalue weighted by molar-refractivity contribution is -0.137. The number of hydrogen-bond acceptors (Lipinski definition) is 5. The van der Waals surface area contributed by atoms with Crippen molar-refractivity contribution in [3.8, 4) is 11.8 Å². The van der Waals surface area contributed by atoms with E-state index in [1.165, 1.54) is 6.07 Å². The third-order valence-electron chi connectivity index (χ3n) is 7.30. The van der Waals surface area contributed by atoms with Crippen molar-refractivity contribution >= 4 is 34.6 Å². The van der Waals surface area contributed by atoms with Gasteiger partial charge in [-0.05, 0) is 92.7 Å². The Morgan fingerprint density at radius 3 is 2.49 bits per heavy atom. The molecule has 41 heavy (non-hydrogen) atoms. The van der Waals surface area contributed by atoms with Gasteiger partial charge in [0.05, 0.1) is 22.9 Å². The van der Waals surface area contributed by atoms with Gasteiger partial charge in [0.2, 0.25) is 0 Å². The van der Waals surface area contributed by atoms with Crippen LogP contribution in [0.15, 0.2) is 49.1 Å². The van der Waals surface area contributed by atoms with Gasteiger partial charge >= 0.3 is 6.18 Å². The van der Waals surface area contributed by atoms with Crippen LogP contribution in [-0.2, 0) is 11.0 Å². The van der Waals surface area contributed by atoms with E-state index in [4.69, 9.17) is 17.0 Å². The van der Waals surface area contributed by atoms with E-state index in [9.17, 15) is 23.2 Å². The van der Waals surface area contributed by atoms with Gasteiger partial charge in [-0.1, -0.05) is 19.9 Å². The first-order chi connectivity index (χ1) is 19.3. The molecule has 0 N–H and O–H groups in total. The molecule has 0 radical (unpaired) electrons. The van der Waals surface area contributed by atoms with Crippen molar-refractivity contribution in [2.45, 2.75) is 58.2 Å². The minimum absolute atomic E-state index is 0.0326. The summed E-state index contributed by atoms with van der Waals surface area (Å²) < 4.78 is 47.2. The van der Waals surface area contributed by atoms with Crippen LogP contribution < -0.4 is 14.5 Å². The molecule has 1 aliphatic heterocycles. The Balaban J connectivity index is 1.61. The number of hydrogen-bond donors (Lipinski definition) is 0. The molecular formula is C31H35F3N4O2S. The van der Waals surface area contributed by atoms with Crippen molar-refractivity contribution in [2.24, 2.45) is 5.92 Å². The first-order valence-electron chi connectivity index (χ1n) is 13.7. The number of carbonyl (C=O) groups excluding carboxylic acids is 1. The molecule has 1 saturated carbocycles. The zero-order chi connectivity index (χ0) is 30.1. The number of benzene rings is 2. The van der Waals surface area contributed by atoms with E-state index in [1.807, 2.05) is 24.3 Å². The van der Waals surface area contributed by atoms with Crippen molar-refractivity contribution in [3.05, 3.63) is 65.7 Å². The summed E-state index contributed by atoms with van der Waals surface area (Å²) in [4.78, 5) is 18.7. The molecule has 10 heteroatoms. The average Bonchev–Trinajstić information content (AvgIpc) is 3.71. The van der Waals surface area contributed by atoms with Crippen LogP contribution in [0.2, 0.25) is 0 Å². The van der Waals surface area contributed by atoms with Crippen molar-refractivity contribution in [1.82, 2.24) is 4.90 Å². The molecule has 6 nitrogen and oxygen atoms in total. The van der Waals surface area contributed by atoms with Gasteiger partial charge in [-0.2, -0.15) is 18.4 Å². The average molecular weight is 585 g/mol. The van der Waals surface area contributed by atoms with Crippen molar-refractivity contribution in [1.29, 1.82) is 5.26 Å². The number of nitrogens with zero attached hydrogens (tertiary/aromatic N) is 4. The highest BCUT2D eigenvalue weighted by atomic mass is 32.1. The summed E-state index contributed by atoms with van der Waals surface area (Å²) >= 11 is 5.70. The van der Waals surface area contributed by atoms with Gasteiger partial charge in [0, 0.05) is 25.3 Å². The van der Waals surface area contributed by atoms with Crippen LogP contribution in [0, 0.1) is 17.2 Å². The van der Waals surface area contributed by atoms with E-state index < -0.39 is 28.7 Å². The molecule has 2 aliphatic rings. The van der Waals surface area contributed by atoms with Crippen LogP contribution in [0.5, 0.6) is 5.75 Å². The maximum atomic E-state index is 13.7. The predicted molar refractivity (Wildman–Crippen MR) is 158 cm³/mol. The van der Waals surface area contributed by atoms with Crippen LogP contribution in [0.3, 0.4) is 0 Å². The van der Waals surface area contributed by atoms with Gasteiger partial charge in [0.15, 0.2) is 5.11 Å². The van der Waals surface area contributed by atoms with E-state index >= 15 is 0 Å². The number of ether oxygens (including phenoxy) is 1. The van der Waals surface area contributed by atoms with Gasteiger partial charge < -0.3 is 9.64 Å². The van der Waals surface area contributed by atoms with E-state index in [1.54, 1.807) is 24.8 Å². The highest BCUT2D eigenvalue weighted by molar-refractivity contribution is 7.81. The topological polar surface area (TPSA) is 59.8 Å². The number of halogens is 3. The summed E-state index contributed by atoms with van der Waals surface area (Å²) in [5.74, 6) is 1.19. The molecule has 0 bridgehead atoms. The summed E-state index contributed by atoms with van der Waals surface area (Å²) in [6.45, 7) is 14.6.